The molecule has 3 rings (SSSR count). The molecule has 1 aromatic heterocycles. The smallest absolute Gasteiger partial charge is 0.373 e. The Morgan fingerprint density at radius 3 is 2.58 bits per heavy atom. The van der Waals surface area contributed by atoms with Crippen molar-refractivity contribution in [1.29, 1.82) is 0 Å². The zero-order valence-electron chi connectivity index (χ0n) is 13.8. The third kappa shape index (κ3) is 4.07. The Morgan fingerprint density at radius 1 is 1.15 bits per heavy atom. The molecule has 2 aromatic carbocycles. The van der Waals surface area contributed by atoms with E-state index in [0.29, 0.717) is 10.8 Å². The number of hydrogen-bond acceptors (Lipinski definition) is 6. The van der Waals surface area contributed by atoms with Crippen LogP contribution in [0.2, 0.25) is 5.02 Å². The minimum absolute atomic E-state index is 0.0621. The Labute approximate surface area is 154 Å². The van der Waals surface area contributed by atoms with Crippen LogP contribution in [0.1, 0.15) is 11.1 Å². The van der Waals surface area contributed by atoms with Crippen LogP contribution in [0, 0.1) is 17.0 Å². The van der Waals surface area contributed by atoms with Gasteiger partial charge in [0.25, 0.3) is 0 Å². The number of nitrogens with zero attached hydrogens (tertiary/aromatic N) is 3. The normalized spacial score (nSPS) is 10.4. The Morgan fingerprint density at radius 2 is 1.88 bits per heavy atom. The minimum atomic E-state index is -0.571. The van der Waals surface area contributed by atoms with Gasteiger partial charge in [-0.3, -0.25) is 10.1 Å². The van der Waals surface area contributed by atoms with Crippen molar-refractivity contribution in [2.75, 3.05) is 5.32 Å². The number of aromatic nitrogens is 2. The molecular weight excluding hydrogens is 356 g/mol. The van der Waals surface area contributed by atoms with E-state index in [1.54, 1.807) is 18.2 Å². The van der Waals surface area contributed by atoms with E-state index in [2.05, 4.69) is 15.3 Å². The van der Waals surface area contributed by atoms with Gasteiger partial charge in [-0.15, -0.1) is 0 Å². The standard InChI is InChI=1S/C18H15ClN4O3/c1-12-6-8-14(9-7-12)26-18-16(23(24)25)17(21-11-22-18)20-10-13-4-2-3-5-15(13)19/h2-9,11H,10H2,1H3,(H,20,21,22). The van der Waals surface area contributed by atoms with Crippen molar-refractivity contribution in [3.8, 4) is 11.6 Å². The molecule has 1 N–H and O–H groups in total. The molecule has 0 bridgehead atoms. The van der Waals surface area contributed by atoms with Crippen molar-refractivity contribution < 1.29 is 9.66 Å². The highest BCUT2D eigenvalue weighted by Crippen LogP contribution is 2.34. The van der Waals surface area contributed by atoms with E-state index in [4.69, 9.17) is 16.3 Å². The summed E-state index contributed by atoms with van der Waals surface area (Å²) < 4.78 is 5.58. The number of nitrogens with one attached hydrogen (secondary N) is 1. The predicted molar refractivity (Wildman–Crippen MR) is 98.7 cm³/mol. The van der Waals surface area contributed by atoms with Crippen LogP contribution in [0.4, 0.5) is 11.5 Å². The Balaban J connectivity index is 1.87. The molecular formula is C18H15ClN4O3. The minimum Gasteiger partial charge on any atom is -0.434 e. The van der Waals surface area contributed by atoms with Gasteiger partial charge in [-0.05, 0) is 30.7 Å². The number of halogens is 1. The Bertz CT molecular complexity index is 932. The third-order valence-corrected chi connectivity index (χ3v) is 3.98. The van der Waals surface area contributed by atoms with Gasteiger partial charge in [-0.2, -0.15) is 4.98 Å². The summed E-state index contributed by atoms with van der Waals surface area (Å²) in [5.41, 5.74) is 1.51. The first kappa shape index (κ1) is 17.6. The number of nitro groups is 1. The van der Waals surface area contributed by atoms with Crippen LogP contribution >= 0.6 is 11.6 Å². The maximum atomic E-state index is 11.5. The largest absolute Gasteiger partial charge is 0.434 e. The van der Waals surface area contributed by atoms with Crippen LogP contribution in [0.25, 0.3) is 0 Å². The fraction of sp³-hybridized carbons (Fsp3) is 0.111. The molecule has 0 aliphatic carbocycles. The number of anilines is 1. The molecule has 7 nitrogen and oxygen atoms in total. The van der Waals surface area contributed by atoms with Crippen LogP contribution < -0.4 is 10.1 Å². The van der Waals surface area contributed by atoms with E-state index >= 15 is 0 Å². The Kier molecular flexibility index (Phi) is 5.28. The van der Waals surface area contributed by atoms with E-state index in [-0.39, 0.29) is 23.9 Å². The summed E-state index contributed by atoms with van der Waals surface area (Å²) in [4.78, 5) is 18.9. The number of hydrogen-bond donors (Lipinski definition) is 1. The first-order valence-corrected chi connectivity index (χ1v) is 8.13. The second-order valence-electron chi connectivity index (χ2n) is 5.49. The summed E-state index contributed by atoms with van der Waals surface area (Å²) in [5.74, 6) is 0.386. The molecule has 0 saturated carbocycles. The lowest BCUT2D eigenvalue weighted by molar-refractivity contribution is -0.385. The maximum absolute atomic E-state index is 11.5. The van der Waals surface area contributed by atoms with Crippen LogP contribution in [-0.4, -0.2) is 14.9 Å². The van der Waals surface area contributed by atoms with E-state index in [1.807, 2.05) is 37.3 Å². The van der Waals surface area contributed by atoms with Gasteiger partial charge in [0.1, 0.15) is 12.1 Å². The van der Waals surface area contributed by atoms with Gasteiger partial charge < -0.3 is 10.1 Å². The quantitative estimate of drug-likeness (QED) is 0.497. The van der Waals surface area contributed by atoms with Crippen molar-refractivity contribution in [2.45, 2.75) is 13.5 Å². The van der Waals surface area contributed by atoms with Crippen molar-refractivity contribution >= 4 is 23.1 Å². The number of benzene rings is 2. The molecule has 0 aliphatic rings. The summed E-state index contributed by atoms with van der Waals surface area (Å²) in [6.45, 7) is 2.22. The highest BCUT2D eigenvalue weighted by atomic mass is 35.5. The molecule has 8 heteroatoms. The molecule has 0 atom stereocenters. The van der Waals surface area contributed by atoms with Crippen molar-refractivity contribution in [3.63, 3.8) is 0 Å². The van der Waals surface area contributed by atoms with Crippen LogP contribution in [0.3, 0.4) is 0 Å². The zero-order chi connectivity index (χ0) is 18.5. The van der Waals surface area contributed by atoms with Gasteiger partial charge in [-0.25, -0.2) is 4.98 Å². The van der Waals surface area contributed by atoms with Crippen molar-refractivity contribution in [1.82, 2.24) is 9.97 Å². The maximum Gasteiger partial charge on any atom is 0.373 e. The van der Waals surface area contributed by atoms with Gasteiger partial charge in [0.05, 0.1) is 4.92 Å². The zero-order valence-corrected chi connectivity index (χ0v) is 14.6. The highest BCUT2D eigenvalue weighted by Gasteiger charge is 2.25. The van der Waals surface area contributed by atoms with E-state index in [1.165, 1.54) is 6.33 Å². The average molecular weight is 371 g/mol. The van der Waals surface area contributed by atoms with Gasteiger partial charge in [-0.1, -0.05) is 47.5 Å². The van der Waals surface area contributed by atoms with Crippen LogP contribution in [0.5, 0.6) is 11.6 Å². The van der Waals surface area contributed by atoms with Gasteiger partial charge >= 0.3 is 11.6 Å². The second-order valence-corrected chi connectivity index (χ2v) is 5.90. The average Bonchev–Trinajstić information content (AvgIpc) is 2.63. The molecule has 0 amide bonds. The molecule has 26 heavy (non-hydrogen) atoms. The topological polar surface area (TPSA) is 90.2 Å². The molecule has 132 valence electrons. The summed E-state index contributed by atoms with van der Waals surface area (Å²) in [5, 5.41) is 15.0. The molecule has 0 fully saturated rings. The van der Waals surface area contributed by atoms with Crippen molar-refractivity contribution in [3.05, 3.63) is 81.1 Å². The summed E-state index contributed by atoms with van der Waals surface area (Å²) in [6.07, 6.45) is 1.21. The lowest BCUT2D eigenvalue weighted by Crippen LogP contribution is -2.07. The van der Waals surface area contributed by atoms with Crippen molar-refractivity contribution in [2.24, 2.45) is 0 Å². The van der Waals surface area contributed by atoms with E-state index in [9.17, 15) is 10.1 Å². The summed E-state index contributed by atoms with van der Waals surface area (Å²) in [6, 6.07) is 14.4. The first-order valence-electron chi connectivity index (χ1n) is 7.76. The lowest BCUT2D eigenvalue weighted by atomic mass is 10.2. The SMILES string of the molecule is Cc1ccc(Oc2ncnc(NCc3ccccc3Cl)c2[N+](=O)[O-])cc1. The van der Waals surface area contributed by atoms with Gasteiger partial charge in [0.15, 0.2) is 0 Å². The second kappa shape index (κ2) is 7.79. The lowest BCUT2D eigenvalue weighted by Gasteiger charge is -2.10. The summed E-state index contributed by atoms with van der Waals surface area (Å²) in [7, 11) is 0. The first-order chi connectivity index (χ1) is 12.5. The van der Waals surface area contributed by atoms with E-state index in [0.717, 1.165) is 11.1 Å². The number of ether oxygens (including phenoxy) is 1. The summed E-state index contributed by atoms with van der Waals surface area (Å²) >= 11 is 6.11. The fourth-order valence-corrected chi connectivity index (χ4v) is 2.47. The van der Waals surface area contributed by atoms with E-state index < -0.39 is 4.92 Å². The third-order valence-electron chi connectivity index (χ3n) is 3.61. The predicted octanol–water partition coefficient (Wildman–Crippen LogP) is 4.75. The molecule has 0 aliphatic heterocycles. The Hall–Kier alpha value is -3.19. The number of aryl methyl sites for hydroxylation is 1. The van der Waals surface area contributed by atoms with Gasteiger partial charge in [0.2, 0.25) is 5.82 Å². The number of rotatable bonds is 6. The molecule has 0 saturated heterocycles. The van der Waals surface area contributed by atoms with Gasteiger partial charge in [0, 0.05) is 11.6 Å². The highest BCUT2D eigenvalue weighted by molar-refractivity contribution is 6.31. The fourth-order valence-electron chi connectivity index (χ4n) is 2.27. The van der Waals surface area contributed by atoms with Crippen LogP contribution in [-0.2, 0) is 6.54 Å². The molecule has 3 aromatic rings. The molecule has 0 radical (unpaired) electrons. The molecule has 0 spiro atoms. The molecule has 0 unspecified atom stereocenters. The monoisotopic (exact) mass is 370 g/mol. The van der Waals surface area contributed by atoms with Crippen LogP contribution in [0.15, 0.2) is 54.9 Å². The molecule has 1 heterocycles.